The van der Waals surface area contributed by atoms with Gasteiger partial charge in [0.15, 0.2) is 0 Å². The SMILES string of the molecule is CC(C)(C)OC(=O)N1CC=C(c2ccncc2Nc2ncc3ccc(-c4c(F)cccc4F)nn23)CC1.Fc1cccc(F)c1-c1ccc2cnc(Nc3cnccc3C3=CCNCC3)n2n1. The number of rotatable bonds is 8. The number of nitrogens with zero attached hydrogens (tertiary/aromatic N) is 9. The third-order valence-corrected chi connectivity index (χ3v) is 11.0. The van der Waals surface area contributed by atoms with E-state index < -0.39 is 28.9 Å². The molecule has 10 rings (SSSR count). The monoisotopic (exact) mass is 908 g/mol. The van der Waals surface area contributed by atoms with Gasteiger partial charge in [0.25, 0.3) is 0 Å². The van der Waals surface area contributed by atoms with Gasteiger partial charge in [0.1, 0.15) is 28.9 Å². The second kappa shape index (κ2) is 18.9. The molecule has 0 fully saturated rings. The Hall–Kier alpha value is -7.99. The Morgan fingerprint density at radius 3 is 1.61 bits per heavy atom. The van der Waals surface area contributed by atoms with Gasteiger partial charge < -0.3 is 25.6 Å². The number of benzene rings is 2. The highest BCUT2D eigenvalue weighted by Gasteiger charge is 2.25. The van der Waals surface area contributed by atoms with Gasteiger partial charge in [-0.05, 0) is 112 Å². The van der Waals surface area contributed by atoms with Crippen molar-refractivity contribution in [2.45, 2.75) is 39.2 Å². The lowest BCUT2D eigenvalue weighted by atomic mass is 9.99. The number of carbonyl (C=O) groups is 1. The van der Waals surface area contributed by atoms with Gasteiger partial charge in [-0.15, -0.1) is 0 Å². The van der Waals surface area contributed by atoms with E-state index in [1.165, 1.54) is 51.0 Å². The molecule has 0 saturated carbocycles. The minimum Gasteiger partial charge on any atom is -0.444 e. The van der Waals surface area contributed by atoms with Crippen molar-refractivity contribution >= 4 is 51.5 Å². The Morgan fingerprint density at radius 2 is 1.16 bits per heavy atom. The molecule has 6 aromatic heterocycles. The van der Waals surface area contributed by atoms with Crippen LogP contribution in [0.4, 0.5) is 45.6 Å². The predicted molar refractivity (Wildman–Crippen MR) is 248 cm³/mol. The minimum atomic E-state index is -0.694. The standard InChI is InChI=1S/C27H26F2N6O2.C22H18F2N6/c1-27(2,3)37-26(36)34-13-10-17(11-14-34)19-9-12-30-16-23(19)32-25-31-15-18-7-8-22(33-35(18)25)24-20(28)5-4-6-21(24)29;23-17-2-1-3-18(24)21(17)19-5-4-15-12-27-22(30(15)29-19)28-20-13-26-11-8-16(20)14-6-9-25-10-7-14/h4-10,12,15-16H,11,13-14H2,1-3H3,(H,31,32);1-6,8,11-13,25H,7,9-10H2,(H,27,28). The molecule has 0 bridgehead atoms. The van der Waals surface area contributed by atoms with E-state index in [2.05, 4.69) is 52.2 Å². The third kappa shape index (κ3) is 9.69. The van der Waals surface area contributed by atoms with Gasteiger partial charge in [0.2, 0.25) is 11.9 Å². The zero-order valence-electron chi connectivity index (χ0n) is 36.6. The van der Waals surface area contributed by atoms with Crippen molar-refractivity contribution in [1.82, 2.24) is 49.4 Å². The fourth-order valence-electron chi connectivity index (χ4n) is 7.75. The maximum absolute atomic E-state index is 14.4. The normalized spacial score (nSPS) is 14.0. The van der Waals surface area contributed by atoms with Gasteiger partial charge in [-0.1, -0.05) is 24.3 Å². The van der Waals surface area contributed by atoms with E-state index >= 15 is 0 Å². The number of hydrogen-bond acceptors (Lipinski definition) is 11. The van der Waals surface area contributed by atoms with Crippen molar-refractivity contribution in [2.24, 2.45) is 0 Å². The average molecular weight is 909 g/mol. The van der Waals surface area contributed by atoms with Gasteiger partial charge in [0, 0.05) is 43.2 Å². The second-order valence-corrected chi connectivity index (χ2v) is 16.6. The Bertz CT molecular complexity index is 3160. The van der Waals surface area contributed by atoms with Crippen LogP contribution in [0.15, 0.2) is 122 Å². The molecular formula is C49H44F4N12O2. The molecule has 0 radical (unpaired) electrons. The fraction of sp³-hybridized carbons (Fsp3) is 0.204. The number of pyridine rings is 2. The molecule has 0 unspecified atom stereocenters. The molecular weight excluding hydrogens is 865 g/mol. The van der Waals surface area contributed by atoms with Gasteiger partial charge in [0.05, 0.1) is 69.7 Å². The van der Waals surface area contributed by atoms with E-state index in [1.807, 2.05) is 39.0 Å². The fourth-order valence-corrected chi connectivity index (χ4v) is 7.75. The van der Waals surface area contributed by atoms with Crippen molar-refractivity contribution in [2.75, 3.05) is 36.8 Å². The smallest absolute Gasteiger partial charge is 0.410 e. The number of nitrogens with one attached hydrogen (secondary N) is 3. The van der Waals surface area contributed by atoms with Crippen LogP contribution in [0, 0.1) is 23.3 Å². The zero-order chi connectivity index (χ0) is 46.7. The quantitative estimate of drug-likeness (QED) is 0.125. The van der Waals surface area contributed by atoms with Crippen molar-refractivity contribution in [3.63, 3.8) is 0 Å². The molecule has 2 aromatic carbocycles. The Morgan fingerprint density at radius 1 is 0.657 bits per heavy atom. The highest BCUT2D eigenvalue weighted by Crippen LogP contribution is 2.33. The molecule has 340 valence electrons. The number of fused-ring (bicyclic) bond motifs is 2. The summed E-state index contributed by atoms with van der Waals surface area (Å²) in [6.07, 6.45) is 15.5. The van der Waals surface area contributed by atoms with Crippen LogP contribution in [0.1, 0.15) is 44.7 Å². The van der Waals surface area contributed by atoms with Crippen LogP contribution in [-0.2, 0) is 4.74 Å². The van der Waals surface area contributed by atoms with E-state index in [-0.39, 0.29) is 28.6 Å². The summed E-state index contributed by atoms with van der Waals surface area (Å²) in [6.45, 7) is 8.21. The largest absolute Gasteiger partial charge is 0.444 e. The molecule has 18 heteroatoms. The molecule has 2 aliphatic heterocycles. The molecule has 8 aromatic rings. The maximum atomic E-state index is 14.4. The number of imidazole rings is 2. The first kappa shape index (κ1) is 44.2. The van der Waals surface area contributed by atoms with Crippen LogP contribution in [0.2, 0.25) is 0 Å². The van der Waals surface area contributed by atoms with Crippen LogP contribution in [0.5, 0.6) is 0 Å². The van der Waals surface area contributed by atoms with E-state index in [1.54, 1.807) is 66.3 Å². The van der Waals surface area contributed by atoms with Crippen LogP contribution >= 0.6 is 0 Å². The summed E-state index contributed by atoms with van der Waals surface area (Å²) in [4.78, 5) is 31.4. The Labute approximate surface area is 382 Å². The third-order valence-electron chi connectivity index (χ3n) is 11.0. The van der Waals surface area contributed by atoms with Crippen LogP contribution in [-0.4, -0.2) is 81.9 Å². The lowest BCUT2D eigenvalue weighted by molar-refractivity contribution is 0.0270. The van der Waals surface area contributed by atoms with E-state index in [4.69, 9.17) is 4.74 Å². The van der Waals surface area contributed by atoms with Gasteiger partial charge in [-0.3, -0.25) is 9.97 Å². The Kier molecular flexibility index (Phi) is 12.4. The molecule has 3 N–H and O–H groups in total. The number of hydrogen-bond donors (Lipinski definition) is 3. The van der Waals surface area contributed by atoms with Crippen molar-refractivity contribution in [1.29, 1.82) is 0 Å². The van der Waals surface area contributed by atoms with Crippen LogP contribution in [0.25, 0.3) is 44.7 Å². The summed E-state index contributed by atoms with van der Waals surface area (Å²) in [6, 6.07) is 17.9. The first-order valence-electron chi connectivity index (χ1n) is 21.5. The number of amides is 1. The Balaban J connectivity index is 0.000000171. The lowest BCUT2D eigenvalue weighted by Crippen LogP contribution is -2.39. The molecule has 1 amide bonds. The van der Waals surface area contributed by atoms with E-state index in [0.29, 0.717) is 48.1 Å². The topological polar surface area (TPSA) is 152 Å². The highest BCUT2D eigenvalue weighted by molar-refractivity contribution is 5.81. The number of anilines is 4. The summed E-state index contributed by atoms with van der Waals surface area (Å²) >= 11 is 0. The number of carbonyl (C=O) groups excluding carboxylic acids is 1. The van der Waals surface area contributed by atoms with Gasteiger partial charge in [-0.25, -0.2) is 32.3 Å². The summed E-state index contributed by atoms with van der Waals surface area (Å²) in [5.41, 5.74) is 6.47. The maximum Gasteiger partial charge on any atom is 0.410 e. The molecule has 2 aliphatic rings. The lowest BCUT2D eigenvalue weighted by Gasteiger charge is -2.30. The summed E-state index contributed by atoms with van der Waals surface area (Å²) in [5, 5.41) is 18.7. The van der Waals surface area contributed by atoms with Crippen LogP contribution < -0.4 is 16.0 Å². The number of ether oxygens (including phenoxy) is 1. The zero-order valence-corrected chi connectivity index (χ0v) is 36.6. The molecule has 0 atom stereocenters. The average Bonchev–Trinajstić information content (AvgIpc) is 3.92. The first-order chi connectivity index (χ1) is 32.4. The number of halogens is 4. The second-order valence-electron chi connectivity index (χ2n) is 16.6. The van der Waals surface area contributed by atoms with Crippen molar-refractivity contribution in [3.05, 3.63) is 157 Å². The van der Waals surface area contributed by atoms with Gasteiger partial charge in [-0.2, -0.15) is 19.2 Å². The summed E-state index contributed by atoms with van der Waals surface area (Å²) < 4.78 is 65.7. The molecule has 0 aliphatic carbocycles. The molecule has 14 nitrogen and oxygen atoms in total. The molecule has 0 spiro atoms. The van der Waals surface area contributed by atoms with Crippen molar-refractivity contribution in [3.8, 4) is 22.5 Å². The summed E-state index contributed by atoms with van der Waals surface area (Å²) in [5.74, 6) is -1.91. The molecule has 0 saturated heterocycles. The van der Waals surface area contributed by atoms with Crippen LogP contribution in [0.3, 0.4) is 0 Å². The summed E-state index contributed by atoms with van der Waals surface area (Å²) in [7, 11) is 0. The first-order valence-corrected chi connectivity index (χ1v) is 21.5. The minimum absolute atomic E-state index is 0.146. The van der Waals surface area contributed by atoms with E-state index in [9.17, 15) is 22.4 Å². The van der Waals surface area contributed by atoms with Gasteiger partial charge >= 0.3 is 6.09 Å². The van der Waals surface area contributed by atoms with E-state index in [0.717, 1.165) is 41.9 Å². The molecule has 67 heavy (non-hydrogen) atoms. The van der Waals surface area contributed by atoms with Crippen molar-refractivity contribution < 1.29 is 27.1 Å². The molecule has 8 heterocycles. The predicted octanol–water partition coefficient (Wildman–Crippen LogP) is 10.0. The number of aromatic nitrogens is 8. The highest BCUT2D eigenvalue weighted by atomic mass is 19.1.